The van der Waals surface area contributed by atoms with Crippen LogP contribution in [0.4, 0.5) is 0 Å². The van der Waals surface area contributed by atoms with E-state index >= 15 is 0 Å². The lowest BCUT2D eigenvalue weighted by atomic mass is 10.2. The van der Waals surface area contributed by atoms with Gasteiger partial charge < -0.3 is 5.11 Å². The van der Waals surface area contributed by atoms with Crippen molar-refractivity contribution < 1.29 is 19.1 Å². The first-order chi connectivity index (χ1) is 8.97. The van der Waals surface area contributed by atoms with Gasteiger partial charge in [0.05, 0.1) is 10.0 Å². The number of hydrogen-bond acceptors (Lipinski definition) is 5. The normalized spacial score (nSPS) is 13.4. The van der Waals surface area contributed by atoms with Crippen LogP contribution in [0.5, 0.6) is 0 Å². The molecule has 0 spiro atoms. The molecule has 2 aromatic rings. The van der Waals surface area contributed by atoms with Gasteiger partial charge in [0.1, 0.15) is 10.7 Å². The molecule has 0 aliphatic rings. The Morgan fingerprint density at radius 3 is 2.74 bits per heavy atom. The maximum absolute atomic E-state index is 10.5. The summed E-state index contributed by atoms with van der Waals surface area (Å²) in [6.07, 6.45) is -1.54. The van der Waals surface area contributed by atoms with Crippen molar-refractivity contribution in [2.75, 3.05) is 0 Å². The van der Waals surface area contributed by atoms with Gasteiger partial charge in [-0.15, -0.1) is 16.2 Å². The zero-order valence-electron chi connectivity index (χ0n) is 9.16. The van der Waals surface area contributed by atoms with Gasteiger partial charge in [0.15, 0.2) is 0 Å². The van der Waals surface area contributed by atoms with E-state index in [1.807, 2.05) is 0 Å². The monoisotopic (exact) mass is 338 g/mol. The van der Waals surface area contributed by atoms with Gasteiger partial charge in [-0.1, -0.05) is 33.8 Å². The minimum absolute atomic E-state index is 0.156. The van der Waals surface area contributed by atoms with Crippen molar-refractivity contribution in [3.63, 3.8) is 0 Å². The molecular formula is C10H7Cl2NO4PS+. The van der Waals surface area contributed by atoms with Crippen LogP contribution in [-0.4, -0.2) is 15.0 Å². The minimum Gasteiger partial charge on any atom is -0.359 e. The van der Waals surface area contributed by atoms with Crippen molar-refractivity contribution in [3.8, 4) is 10.6 Å². The molecule has 0 fully saturated rings. The SMILES string of the molecule is O=[P+](O)OC(O)c1csc(-c2ccc(Cl)c(Cl)c2)n1. The summed E-state index contributed by atoms with van der Waals surface area (Å²) < 4.78 is 14.8. The van der Waals surface area contributed by atoms with E-state index in [0.717, 1.165) is 5.56 Å². The summed E-state index contributed by atoms with van der Waals surface area (Å²) >= 11 is 13.0. The number of thiazole rings is 1. The molecule has 9 heteroatoms. The number of halogens is 2. The highest BCUT2D eigenvalue weighted by Crippen LogP contribution is 2.33. The maximum atomic E-state index is 10.5. The molecular weight excluding hydrogens is 332 g/mol. The van der Waals surface area contributed by atoms with Crippen LogP contribution in [0.1, 0.15) is 12.0 Å². The highest BCUT2D eigenvalue weighted by molar-refractivity contribution is 7.32. The molecule has 0 saturated heterocycles. The number of aromatic nitrogens is 1. The number of nitrogens with zero attached hydrogens (tertiary/aromatic N) is 1. The third-order valence-electron chi connectivity index (χ3n) is 2.13. The van der Waals surface area contributed by atoms with Crippen LogP contribution in [0, 0.1) is 0 Å². The second kappa shape index (κ2) is 6.24. The van der Waals surface area contributed by atoms with Crippen molar-refractivity contribution in [1.82, 2.24) is 4.98 Å². The molecule has 100 valence electrons. The van der Waals surface area contributed by atoms with E-state index in [4.69, 9.17) is 28.1 Å². The van der Waals surface area contributed by atoms with E-state index in [2.05, 4.69) is 9.51 Å². The first kappa shape index (κ1) is 14.8. The second-order valence-corrected chi connectivity index (χ2v) is 5.76. The van der Waals surface area contributed by atoms with Crippen LogP contribution >= 0.6 is 42.8 Å². The van der Waals surface area contributed by atoms with Gasteiger partial charge in [-0.2, -0.15) is 0 Å². The highest BCUT2D eigenvalue weighted by Gasteiger charge is 2.24. The molecule has 0 bridgehead atoms. The summed E-state index contributed by atoms with van der Waals surface area (Å²) in [6, 6.07) is 5.01. The van der Waals surface area contributed by atoms with E-state index in [-0.39, 0.29) is 5.69 Å². The Labute approximate surface area is 123 Å². The van der Waals surface area contributed by atoms with Gasteiger partial charge in [0.2, 0.25) is 0 Å². The smallest absolute Gasteiger partial charge is 0.359 e. The lowest BCUT2D eigenvalue weighted by Crippen LogP contribution is -1.98. The average Bonchev–Trinajstić information content (AvgIpc) is 2.81. The average molecular weight is 339 g/mol. The van der Waals surface area contributed by atoms with Crippen molar-refractivity contribution in [3.05, 3.63) is 39.3 Å². The zero-order chi connectivity index (χ0) is 14.0. The van der Waals surface area contributed by atoms with Crippen LogP contribution < -0.4 is 0 Å². The molecule has 2 unspecified atom stereocenters. The van der Waals surface area contributed by atoms with Gasteiger partial charge in [0, 0.05) is 15.5 Å². The Bertz CT molecular complexity index is 621. The van der Waals surface area contributed by atoms with Gasteiger partial charge >= 0.3 is 8.25 Å². The minimum atomic E-state index is -2.89. The molecule has 0 aliphatic heterocycles. The Kier molecular flexibility index (Phi) is 4.86. The van der Waals surface area contributed by atoms with E-state index in [9.17, 15) is 9.67 Å². The van der Waals surface area contributed by atoms with Crippen molar-refractivity contribution >= 4 is 42.8 Å². The van der Waals surface area contributed by atoms with Gasteiger partial charge in [-0.05, 0) is 12.1 Å². The lowest BCUT2D eigenvalue weighted by Gasteiger charge is -2.00. The van der Waals surface area contributed by atoms with E-state index in [0.29, 0.717) is 15.1 Å². The zero-order valence-corrected chi connectivity index (χ0v) is 12.4. The molecule has 2 N–H and O–H groups in total. The van der Waals surface area contributed by atoms with Crippen LogP contribution in [0.15, 0.2) is 23.6 Å². The first-order valence-electron chi connectivity index (χ1n) is 4.89. The molecule has 0 amide bonds. The van der Waals surface area contributed by atoms with Crippen molar-refractivity contribution in [2.45, 2.75) is 6.29 Å². The van der Waals surface area contributed by atoms with E-state index in [1.165, 1.54) is 16.7 Å². The predicted octanol–water partition coefficient (Wildman–Crippen LogP) is 3.77. The summed E-state index contributed by atoms with van der Waals surface area (Å²) in [7, 11) is -2.89. The van der Waals surface area contributed by atoms with E-state index < -0.39 is 14.5 Å². The highest BCUT2D eigenvalue weighted by atomic mass is 35.5. The number of aliphatic hydroxyl groups is 1. The fourth-order valence-corrected chi connectivity index (χ4v) is 2.70. The Balaban J connectivity index is 2.25. The molecule has 19 heavy (non-hydrogen) atoms. The molecule has 1 heterocycles. The van der Waals surface area contributed by atoms with Crippen LogP contribution in [0.3, 0.4) is 0 Å². The Morgan fingerprint density at radius 2 is 2.11 bits per heavy atom. The summed E-state index contributed by atoms with van der Waals surface area (Å²) in [5.41, 5.74) is 0.884. The second-order valence-electron chi connectivity index (χ2n) is 3.40. The van der Waals surface area contributed by atoms with Gasteiger partial charge in [-0.25, -0.2) is 4.98 Å². The van der Waals surface area contributed by atoms with Gasteiger partial charge in [0.25, 0.3) is 6.29 Å². The Morgan fingerprint density at radius 1 is 1.37 bits per heavy atom. The van der Waals surface area contributed by atoms with E-state index in [1.54, 1.807) is 18.2 Å². The molecule has 5 nitrogen and oxygen atoms in total. The number of benzene rings is 1. The summed E-state index contributed by atoms with van der Waals surface area (Å²) in [4.78, 5) is 12.7. The topological polar surface area (TPSA) is 79.7 Å². The molecule has 2 rings (SSSR count). The third kappa shape index (κ3) is 3.70. The number of hydrogen-bond donors (Lipinski definition) is 2. The molecule has 1 aromatic carbocycles. The molecule has 0 aliphatic carbocycles. The fraction of sp³-hybridized carbons (Fsp3) is 0.100. The molecule has 0 saturated carbocycles. The molecule has 0 radical (unpaired) electrons. The summed E-state index contributed by atoms with van der Waals surface area (Å²) in [5.74, 6) is 0. The van der Waals surface area contributed by atoms with Crippen LogP contribution in [-0.2, 0) is 9.09 Å². The fourth-order valence-electron chi connectivity index (χ4n) is 1.30. The van der Waals surface area contributed by atoms with Crippen molar-refractivity contribution in [2.24, 2.45) is 0 Å². The van der Waals surface area contributed by atoms with Gasteiger partial charge in [-0.3, -0.25) is 0 Å². The molecule has 2 atom stereocenters. The Hall–Kier alpha value is -0.590. The quantitative estimate of drug-likeness (QED) is 0.655. The predicted molar refractivity (Wildman–Crippen MR) is 73.4 cm³/mol. The third-order valence-corrected chi connectivity index (χ3v) is 4.16. The van der Waals surface area contributed by atoms with Crippen LogP contribution in [0.25, 0.3) is 10.6 Å². The van der Waals surface area contributed by atoms with Crippen LogP contribution in [0.2, 0.25) is 10.0 Å². The maximum Gasteiger partial charge on any atom is 0.697 e. The molecule has 1 aromatic heterocycles. The summed E-state index contributed by atoms with van der Waals surface area (Å²) in [5, 5.41) is 12.4. The van der Waals surface area contributed by atoms with Crippen molar-refractivity contribution in [1.29, 1.82) is 0 Å². The first-order valence-corrected chi connectivity index (χ1v) is 7.66. The number of rotatable bonds is 4. The summed E-state index contributed by atoms with van der Waals surface area (Å²) in [6.45, 7) is 0. The largest absolute Gasteiger partial charge is 0.697 e. The number of aliphatic hydroxyl groups excluding tert-OH is 1. The lowest BCUT2D eigenvalue weighted by molar-refractivity contribution is -0.0236. The standard InChI is InChI=1S/C10H6Cl2NO4PS/c11-6-2-1-5(3-7(6)12)9-13-8(4-19-9)10(14)17-18(15)16/h1-4,10,14H/p+1.